The lowest BCUT2D eigenvalue weighted by molar-refractivity contribution is -0.137. The second-order valence-electron chi connectivity index (χ2n) is 3.04. The van der Waals surface area contributed by atoms with Crippen LogP contribution in [0.2, 0.25) is 0 Å². The number of hydrogen-bond acceptors (Lipinski definition) is 4. The molecule has 0 aromatic carbocycles. The van der Waals surface area contributed by atoms with Gasteiger partial charge in [0.25, 0.3) is 5.56 Å². The Morgan fingerprint density at radius 3 is 3.00 bits per heavy atom. The Bertz CT molecular complexity index is 403. The Labute approximate surface area is 90.9 Å². The van der Waals surface area contributed by atoms with Crippen LogP contribution in [0.15, 0.2) is 16.0 Å². The number of rotatable bonds is 5. The van der Waals surface area contributed by atoms with Crippen LogP contribution < -0.4 is 5.56 Å². The molecular formula is C9H12N2O3S. The highest BCUT2D eigenvalue weighted by atomic mass is 32.2. The van der Waals surface area contributed by atoms with Gasteiger partial charge in [-0.2, -0.15) is 0 Å². The molecule has 0 atom stereocenters. The summed E-state index contributed by atoms with van der Waals surface area (Å²) < 4.78 is 0. The van der Waals surface area contributed by atoms with E-state index < -0.39 is 5.97 Å². The number of aryl methyl sites for hydroxylation is 1. The number of aliphatic carboxylic acids is 1. The average molecular weight is 228 g/mol. The molecule has 1 aromatic heterocycles. The SMILES string of the molecule is Cc1cc(=O)[nH]c(SCCCC(=O)O)n1. The molecule has 5 nitrogen and oxygen atoms in total. The van der Waals surface area contributed by atoms with Gasteiger partial charge in [0.15, 0.2) is 5.16 Å². The van der Waals surface area contributed by atoms with E-state index in [1.54, 1.807) is 6.92 Å². The van der Waals surface area contributed by atoms with E-state index >= 15 is 0 Å². The molecule has 2 N–H and O–H groups in total. The number of nitrogens with one attached hydrogen (secondary N) is 1. The average Bonchev–Trinajstić information content (AvgIpc) is 2.10. The van der Waals surface area contributed by atoms with Gasteiger partial charge in [-0.15, -0.1) is 0 Å². The standard InChI is InChI=1S/C9H12N2O3S/c1-6-5-7(12)11-9(10-6)15-4-2-3-8(13)14/h5H,2-4H2,1H3,(H,13,14)(H,10,11,12). The number of thioether (sulfide) groups is 1. The zero-order valence-electron chi connectivity index (χ0n) is 8.32. The number of hydrogen-bond donors (Lipinski definition) is 2. The van der Waals surface area contributed by atoms with Crippen LogP contribution in [-0.2, 0) is 4.79 Å². The third-order valence-electron chi connectivity index (χ3n) is 1.62. The molecule has 82 valence electrons. The van der Waals surface area contributed by atoms with Crippen LogP contribution in [0.25, 0.3) is 0 Å². The van der Waals surface area contributed by atoms with Gasteiger partial charge in [0, 0.05) is 23.9 Å². The van der Waals surface area contributed by atoms with Gasteiger partial charge in [-0.25, -0.2) is 4.98 Å². The Balaban J connectivity index is 2.44. The molecule has 6 heteroatoms. The van der Waals surface area contributed by atoms with Gasteiger partial charge in [-0.1, -0.05) is 11.8 Å². The van der Waals surface area contributed by atoms with E-state index in [2.05, 4.69) is 9.97 Å². The van der Waals surface area contributed by atoms with Crippen molar-refractivity contribution in [2.75, 3.05) is 5.75 Å². The van der Waals surface area contributed by atoms with E-state index in [1.165, 1.54) is 17.8 Å². The fourth-order valence-corrected chi connectivity index (χ4v) is 1.88. The number of aromatic amines is 1. The van der Waals surface area contributed by atoms with Gasteiger partial charge >= 0.3 is 5.97 Å². The topological polar surface area (TPSA) is 83.0 Å². The molecule has 0 aliphatic rings. The highest BCUT2D eigenvalue weighted by Gasteiger charge is 2.00. The smallest absolute Gasteiger partial charge is 0.303 e. The Morgan fingerprint density at radius 1 is 1.67 bits per heavy atom. The van der Waals surface area contributed by atoms with Crippen molar-refractivity contribution < 1.29 is 9.90 Å². The number of carboxylic acid groups (broad SMARTS) is 1. The summed E-state index contributed by atoms with van der Waals surface area (Å²) in [7, 11) is 0. The summed E-state index contributed by atoms with van der Waals surface area (Å²) >= 11 is 1.36. The van der Waals surface area contributed by atoms with Crippen molar-refractivity contribution in [3.63, 3.8) is 0 Å². The molecule has 0 spiro atoms. The molecule has 0 unspecified atom stereocenters. The van der Waals surface area contributed by atoms with Crippen molar-refractivity contribution in [2.45, 2.75) is 24.9 Å². The predicted molar refractivity (Wildman–Crippen MR) is 57.2 cm³/mol. The Kier molecular flexibility index (Phi) is 4.36. The van der Waals surface area contributed by atoms with Crippen LogP contribution in [0.3, 0.4) is 0 Å². The number of aromatic nitrogens is 2. The zero-order valence-corrected chi connectivity index (χ0v) is 9.13. The lowest BCUT2D eigenvalue weighted by Gasteiger charge is -2.00. The summed E-state index contributed by atoms with van der Waals surface area (Å²) in [5.74, 6) is -0.167. The fraction of sp³-hybridized carbons (Fsp3) is 0.444. The largest absolute Gasteiger partial charge is 0.481 e. The van der Waals surface area contributed by atoms with Crippen LogP contribution in [0.1, 0.15) is 18.5 Å². The molecule has 0 fully saturated rings. The molecule has 1 aromatic rings. The minimum Gasteiger partial charge on any atom is -0.481 e. The van der Waals surface area contributed by atoms with Gasteiger partial charge in [0.05, 0.1) is 0 Å². The second-order valence-corrected chi connectivity index (χ2v) is 4.12. The minimum absolute atomic E-state index is 0.142. The second kappa shape index (κ2) is 5.55. The van der Waals surface area contributed by atoms with Crippen molar-refractivity contribution in [2.24, 2.45) is 0 Å². The Morgan fingerprint density at radius 2 is 2.40 bits per heavy atom. The van der Waals surface area contributed by atoms with Crippen molar-refractivity contribution in [1.82, 2.24) is 9.97 Å². The number of H-pyrrole nitrogens is 1. The van der Waals surface area contributed by atoms with Crippen molar-refractivity contribution >= 4 is 17.7 Å². The van der Waals surface area contributed by atoms with Gasteiger partial charge in [0.2, 0.25) is 0 Å². The van der Waals surface area contributed by atoms with E-state index in [4.69, 9.17) is 5.11 Å². The molecule has 0 saturated heterocycles. The van der Waals surface area contributed by atoms with Crippen LogP contribution in [0.4, 0.5) is 0 Å². The predicted octanol–water partition coefficient (Wildman–Crippen LogP) is 1.04. The minimum atomic E-state index is -0.804. The fourth-order valence-electron chi connectivity index (χ4n) is 1.01. The van der Waals surface area contributed by atoms with Gasteiger partial charge in [-0.3, -0.25) is 9.59 Å². The number of carboxylic acids is 1. The quantitative estimate of drug-likeness (QED) is 0.447. The van der Waals surface area contributed by atoms with E-state index in [-0.39, 0.29) is 12.0 Å². The first kappa shape index (κ1) is 11.8. The summed E-state index contributed by atoms with van der Waals surface area (Å²) in [6, 6.07) is 1.42. The zero-order chi connectivity index (χ0) is 11.3. The maximum atomic E-state index is 11.0. The molecule has 0 bridgehead atoms. The summed E-state index contributed by atoms with van der Waals surface area (Å²) in [5, 5.41) is 8.96. The molecule has 0 saturated carbocycles. The van der Waals surface area contributed by atoms with E-state index in [1.807, 2.05) is 0 Å². The first-order chi connectivity index (χ1) is 7.08. The van der Waals surface area contributed by atoms with Crippen LogP contribution in [0, 0.1) is 6.92 Å². The third-order valence-corrected chi connectivity index (χ3v) is 2.58. The highest BCUT2D eigenvalue weighted by molar-refractivity contribution is 7.99. The number of carbonyl (C=O) groups is 1. The summed E-state index contributed by atoms with van der Waals surface area (Å²) in [5.41, 5.74) is 0.489. The Hall–Kier alpha value is -1.30. The van der Waals surface area contributed by atoms with Gasteiger partial charge in [-0.05, 0) is 13.3 Å². The van der Waals surface area contributed by atoms with E-state index in [9.17, 15) is 9.59 Å². The molecule has 0 radical (unpaired) electrons. The summed E-state index contributed by atoms with van der Waals surface area (Å²) in [6.45, 7) is 1.75. The monoisotopic (exact) mass is 228 g/mol. The molecule has 0 aliphatic heterocycles. The van der Waals surface area contributed by atoms with E-state index in [0.717, 1.165) is 0 Å². The molecule has 0 amide bonds. The van der Waals surface area contributed by atoms with Crippen molar-refractivity contribution in [1.29, 1.82) is 0 Å². The molecule has 1 rings (SSSR count). The molecule has 0 aliphatic carbocycles. The maximum absolute atomic E-state index is 11.0. The van der Waals surface area contributed by atoms with Crippen LogP contribution in [0.5, 0.6) is 0 Å². The van der Waals surface area contributed by atoms with E-state index in [0.29, 0.717) is 23.0 Å². The first-order valence-corrected chi connectivity index (χ1v) is 5.49. The maximum Gasteiger partial charge on any atom is 0.303 e. The summed E-state index contributed by atoms with van der Waals surface area (Å²) in [4.78, 5) is 28.0. The van der Waals surface area contributed by atoms with Crippen LogP contribution >= 0.6 is 11.8 Å². The van der Waals surface area contributed by atoms with Crippen molar-refractivity contribution in [3.8, 4) is 0 Å². The lowest BCUT2D eigenvalue weighted by Crippen LogP contribution is -2.08. The highest BCUT2D eigenvalue weighted by Crippen LogP contribution is 2.12. The molecule has 1 heterocycles. The normalized spacial score (nSPS) is 10.2. The lowest BCUT2D eigenvalue weighted by atomic mass is 10.3. The van der Waals surface area contributed by atoms with Gasteiger partial charge < -0.3 is 10.1 Å². The molecule has 15 heavy (non-hydrogen) atoms. The van der Waals surface area contributed by atoms with Gasteiger partial charge in [0.1, 0.15) is 0 Å². The first-order valence-electron chi connectivity index (χ1n) is 4.50. The third kappa shape index (κ3) is 4.64. The summed E-state index contributed by atoms with van der Waals surface area (Å²) in [6.07, 6.45) is 0.709. The molecular weight excluding hydrogens is 216 g/mol. The number of nitrogens with zero attached hydrogens (tertiary/aromatic N) is 1. The van der Waals surface area contributed by atoms with Crippen LogP contribution in [-0.4, -0.2) is 26.8 Å². The van der Waals surface area contributed by atoms with Crippen molar-refractivity contribution in [3.05, 3.63) is 22.1 Å².